The SMILES string of the molecule is Cn1c(/C=C/C(=O)NC(C)(C)c2nn[nH]n2)cc2ccccc21. The van der Waals surface area contributed by atoms with Gasteiger partial charge in [-0.2, -0.15) is 5.21 Å². The minimum atomic E-state index is -0.701. The zero-order valence-corrected chi connectivity index (χ0v) is 13.2. The first-order valence-electron chi connectivity index (χ1n) is 7.26. The number of carbonyl (C=O) groups is 1. The summed E-state index contributed by atoms with van der Waals surface area (Å²) in [6.45, 7) is 3.64. The Labute approximate surface area is 133 Å². The van der Waals surface area contributed by atoms with Crippen LogP contribution in [-0.2, 0) is 17.4 Å². The third-order valence-electron chi connectivity index (χ3n) is 3.73. The molecule has 0 bridgehead atoms. The molecule has 0 aliphatic carbocycles. The Morgan fingerprint density at radius 2 is 2.13 bits per heavy atom. The van der Waals surface area contributed by atoms with Crippen molar-refractivity contribution in [3.05, 3.63) is 47.9 Å². The van der Waals surface area contributed by atoms with E-state index in [0.717, 1.165) is 16.6 Å². The Hall–Kier alpha value is -2.96. The Balaban J connectivity index is 1.76. The van der Waals surface area contributed by atoms with Crippen LogP contribution in [0.2, 0.25) is 0 Å². The molecule has 1 aromatic carbocycles. The second-order valence-electron chi connectivity index (χ2n) is 5.87. The summed E-state index contributed by atoms with van der Waals surface area (Å²) in [4.78, 5) is 12.2. The molecule has 118 valence electrons. The lowest BCUT2D eigenvalue weighted by Gasteiger charge is -2.21. The predicted molar refractivity (Wildman–Crippen MR) is 87.3 cm³/mol. The fourth-order valence-electron chi connectivity index (χ4n) is 2.46. The molecular formula is C16H18N6O. The number of para-hydroxylation sites is 1. The lowest BCUT2D eigenvalue weighted by molar-refractivity contribution is -0.118. The standard InChI is InChI=1S/C16H18N6O/c1-16(2,15-18-20-21-19-15)17-14(23)9-8-12-10-11-6-4-5-7-13(11)22(12)3/h4-10H,1-3H3,(H,17,23)(H,18,19,20,21)/b9-8+. The molecule has 23 heavy (non-hydrogen) atoms. The number of rotatable bonds is 4. The molecule has 7 heteroatoms. The zero-order valence-electron chi connectivity index (χ0n) is 13.2. The van der Waals surface area contributed by atoms with E-state index in [4.69, 9.17) is 0 Å². The van der Waals surface area contributed by atoms with E-state index >= 15 is 0 Å². The highest BCUT2D eigenvalue weighted by molar-refractivity contribution is 5.93. The molecule has 0 spiro atoms. The Morgan fingerprint density at radius 1 is 1.35 bits per heavy atom. The van der Waals surface area contributed by atoms with Gasteiger partial charge in [-0.05, 0) is 32.1 Å². The smallest absolute Gasteiger partial charge is 0.244 e. The van der Waals surface area contributed by atoms with Crippen molar-refractivity contribution in [2.45, 2.75) is 19.4 Å². The number of hydrogen-bond donors (Lipinski definition) is 2. The lowest BCUT2D eigenvalue weighted by Crippen LogP contribution is -2.41. The van der Waals surface area contributed by atoms with Crippen LogP contribution in [-0.4, -0.2) is 31.1 Å². The summed E-state index contributed by atoms with van der Waals surface area (Å²) in [5, 5.41) is 17.7. The Kier molecular flexibility index (Phi) is 3.69. The molecule has 2 heterocycles. The Morgan fingerprint density at radius 3 is 2.83 bits per heavy atom. The fourth-order valence-corrected chi connectivity index (χ4v) is 2.46. The van der Waals surface area contributed by atoms with Gasteiger partial charge in [0.25, 0.3) is 0 Å². The highest BCUT2D eigenvalue weighted by atomic mass is 16.1. The second-order valence-corrected chi connectivity index (χ2v) is 5.87. The van der Waals surface area contributed by atoms with Gasteiger partial charge in [0.1, 0.15) is 0 Å². The normalized spacial score (nSPS) is 12.1. The van der Waals surface area contributed by atoms with Gasteiger partial charge >= 0.3 is 0 Å². The van der Waals surface area contributed by atoms with E-state index in [0.29, 0.717) is 5.82 Å². The van der Waals surface area contributed by atoms with Gasteiger partial charge in [0.2, 0.25) is 5.91 Å². The number of amides is 1. The molecule has 0 fully saturated rings. The summed E-state index contributed by atoms with van der Waals surface area (Å²) in [5.74, 6) is 0.217. The van der Waals surface area contributed by atoms with Crippen LogP contribution < -0.4 is 5.32 Å². The van der Waals surface area contributed by atoms with E-state index < -0.39 is 5.54 Å². The number of aromatic amines is 1. The van der Waals surface area contributed by atoms with Crippen molar-refractivity contribution in [2.24, 2.45) is 7.05 Å². The first-order valence-corrected chi connectivity index (χ1v) is 7.26. The van der Waals surface area contributed by atoms with Crippen molar-refractivity contribution in [1.29, 1.82) is 0 Å². The van der Waals surface area contributed by atoms with Crippen molar-refractivity contribution in [3.8, 4) is 0 Å². The molecule has 0 unspecified atom stereocenters. The molecule has 1 amide bonds. The number of tetrazole rings is 1. The van der Waals surface area contributed by atoms with Gasteiger partial charge in [-0.3, -0.25) is 4.79 Å². The third-order valence-corrected chi connectivity index (χ3v) is 3.73. The monoisotopic (exact) mass is 310 g/mol. The van der Waals surface area contributed by atoms with Gasteiger partial charge in [-0.15, -0.1) is 10.2 Å². The van der Waals surface area contributed by atoms with Crippen molar-refractivity contribution < 1.29 is 4.79 Å². The molecule has 2 N–H and O–H groups in total. The van der Waals surface area contributed by atoms with Gasteiger partial charge in [-0.25, -0.2) is 0 Å². The molecule has 0 aliphatic heterocycles. The molecule has 0 atom stereocenters. The van der Waals surface area contributed by atoms with Gasteiger partial charge < -0.3 is 9.88 Å². The summed E-state index contributed by atoms with van der Waals surface area (Å²) in [6.07, 6.45) is 3.30. The minimum Gasteiger partial charge on any atom is -0.344 e. The largest absolute Gasteiger partial charge is 0.344 e. The van der Waals surface area contributed by atoms with Crippen molar-refractivity contribution >= 4 is 22.9 Å². The average molecular weight is 310 g/mol. The molecule has 3 rings (SSSR count). The van der Waals surface area contributed by atoms with Crippen LogP contribution in [0.15, 0.2) is 36.4 Å². The number of hydrogen-bond acceptors (Lipinski definition) is 4. The van der Waals surface area contributed by atoms with E-state index in [9.17, 15) is 4.79 Å². The van der Waals surface area contributed by atoms with Crippen LogP contribution >= 0.6 is 0 Å². The zero-order chi connectivity index (χ0) is 16.4. The summed E-state index contributed by atoms with van der Waals surface area (Å²) >= 11 is 0. The molecular weight excluding hydrogens is 292 g/mol. The number of nitrogens with zero attached hydrogens (tertiary/aromatic N) is 4. The van der Waals surface area contributed by atoms with Gasteiger partial charge in [0.05, 0.1) is 5.54 Å². The highest BCUT2D eigenvalue weighted by Crippen LogP contribution is 2.19. The number of H-pyrrole nitrogens is 1. The first-order chi connectivity index (χ1) is 11.0. The molecule has 0 saturated carbocycles. The number of nitrogens with one attached hydrogen (secondary N) is 2. The van der Waals surface area contributed by atoms with E-state index in [-0.39, 0.29) is 5.91 Å². The van der Waals surface area contributed by atoms with Crippen molar-refractivity contribution in [1.82, 2.24) is 30.5 Å². The summed E-state index contributed by atoms with van der Waals surface area (Å²) < 4.78 is 2.05. The van der Waals surface area contributed by atoms with Crippen LogP contribution in [0.5, 0.6) is 0 Å². The predicted octanol–water partition coefficient (Wildman–Crippen LogP) is 1.76. The lowest BCUT2D eigenvalue weighted by atomic mass is 10.1. The van der Waals surface area contributed by atoms with Crippen molar-refractivity contribution in [2.75, 3.05) is 0 Å². The van der Waals surface area contributed by atoms with E-state index in [1.54, 1.807) is 6.08 Å². The van der Waals surface area contributed by atoms with Crippen LogP contribution in [0, 0.1) is 0 Å². The third kappa shape index (κ3) is 2.98. The maximum absolute atomic E-state index is 12.2. The van der Waals surface area contributed by atoms with Crippen LogP contribution in [0.4, 0.5) is 0 Å². The Bertz CT molecular complexity index is 860. The van der Waals surface area contributed by atoms with E-state index in [1.165, 1.54) is 6.08 Å². The van der Waals surface area contributed by atoms with Crippen molar-refractivity contribution in [3.63, 3.8) is 0 Å². The number of aryl methyl sites for hydroxylation is 1. The molecule has 7 nitrogen and oxygen atoms in total. The average Bonchev–Trinajstić information content (AvgIpc) is 3.14. The fraction of sp³-hybridized carbons (Fsp3) is 0.250. The quantitative estimate of drug-likeness (QED) is 0.719. The van der Waals surface area contributed by atoms with Gasteiger partial charge in [0, 0.05) is 29.7 Å². The minimum absolute atomic E-state index is 0.218. The number of aromatic nitrogens is 5. The molecule has 0 saturated heterocycles. The summed E-state index contributed by atoms with van der Waals surface area (Å²) in [6, 6.07) is 10.1. The maximum Gasteiger partial charge on any atom is 0.244 e. The number of fused-ring (bicyclic) bond motifs is 1. The van der Waals surface area contributed by atoms with Crippen LogP contribution in [0.3, 0.4) is 0 Å². The summed E-state index contributed by atoms with van der Waals surface area (Å²) in [5.41, 5.74) is 1.38. The number of carbonyl (C=O) groups excluding carboxylic acids is 1. The maximum atomic E-state index is 12.2. The molecule has 0 radical (unpaired) electrons. The van der Waals surface area contributed by atoms with Crippen LogP contribution in [0.25, 0.3) is 17.0 Å². The van der Waals surface area contributed by atoms with Gasteiger partial charge in [-0.1, -0.05) is 23.4 Å². The summed E-state index contributed by atoms with van der Waals surface area (Å²) in [7, 11) is 1.98. The second kappa shape index (κ2) is 5.68. The molecule has 2 aromatic heterocycles. The first kappa shape index (κ1) is 15.0. The van der Waals surface area contributed by atoms with Crippen LogP contribution in [0.1, 0.15) is 25.4 Å². The highest BCUT2D eigenvalue weighted by Gasteiger charge is 2.26. The van der Waals surface area contributed by atoms with E-state index in [1.807, 2.05) is 55.8 Å². The van der Waals surface area contributed by atoms with E-state index in [2.05, 4.69) is 25.9 Å². The number of benzene rings is 1. The molecule has 0 aliphatic rings. The topological polar surface area (TPSA) is 88.5 Å². The van der Waals surface area contributed by atoms with Gasteiger partial charge in [0.15, 0.2) is 5.82 Å². The molecule has 3 aromatic rings.